The summed E-state index contributed by atoms with van der Waals surface area (Å²) in [5, 5.41) is 4.20. The van der Waals surface area contributed by atoms with E-state index in [0.29, 0.717) is 11.1 Å². The molecule has 1 aromatic heterocycles. The molecule has 0 spiro atoms. The summed E-state index contributed by atoms with van der Waals surface area (Å²) in [5.41, 5.74) is 5.35. The fourth-order valence-corrected chi connectivity index (χ4v) is 4.24. The second kappa shape index (κ2) is 4.52. The number of nitrogens with one attached hydrogen (secondary N) is 2. The van der Waals surface area contributed by atoms with Gasteiger partial charge >= 0.3 is 0 Å². The summed E-state index contributed by atoms with van der Waals surface area (Å²) in [7, 11) is 0. The van der Waals surface area contributed by atoms with Gasteiger partial charge in [0.1, 0.15) is 12.4 Å². The van der Waals surface area contributed by atoms with Gasteiger partial charge in [0.2, 0.25) is 0 Å². The van der Waals surface area contributed by atoms with Crippen LogP contribution in [-0.2, 0) is 6.61 Å². The zero-order valence-electron chi connectivity index (χ0n) is 13.6. The first kappa shape index (κ1) is 13.7. The summed E-state index contributed by atoms with van der Waals surface area (Å²) < 4.78 is 5.88. The van der Waals surface area contributed by atoms with Gasteiger partial charge in [0.25, 0.3) is 11.8 Å². The topological polar surface area (TPSA) is 71.2 Å². The van der Waals surface area contributed by atoms with Gasteiger partial charge in [-0.15, -0.1) is 0 Å². The predicted octanol–water partition coefficient (Wildman–Crippen LogP) is 3.76. The number of imide groups is 1. The van der Waals surface area contributed by atoms with Crippen molar-refractivity contribution in [2.75, 3.05) is 0 Å². The minimum absolute atomic E-state index is 0.265. The first-order chi connectivity index (χ1) is 12.7. The van der Waals surface area contributed by atoms with E-state index in [1.807, 2.05) is 48.5 Å². The van der Waals surface area contributed by atoms with E-state index in [1.54, 1.807) is 0 Å². The average molecular weight is 340 g/mol. The molecule has 2 aliphatic heterocycles. The molecule has 4 aromatic rings. The third-order valence-corrected chi connectivity index (χ3v) is 5.27. The second-order valence-corrected chi connectivity index (χ2v) is 6.59. The van der Waals surface area contributed by atoms with Gasteiger partial charge in [-0.25, -0.2) is 0 Å². The van der Waals surface area contributed by atoms with Crippen molar-refractivity contribution in [1.82, 2.24) is 10.3 Å². The molecule has 2 amide bonds. The summed E-state index contributed by atoms with van der Waals surface area (Å²) in [6.45, 7) is 0.265. The fraction of sp³-hybridized carbons (Fsp3) is 0.0476. The van der Waals surface area contributed by atoms with Crippen LogP contribution in [0, 0.1) is 0 Å². The number of aromatic nitrogens is 1. The van der Waals surface area contributed by atoms with E-state index in [2.05, 4.69) is 10.3 Å². The van der Waals surface area contributed by atoms with E-state index in [9.17, 15) is 9.59 Å². The third-order valence-electron chi connectivity index (χ3n) is 5.27. The number of hydrogen-bond donors (Lipinski definition) is 2. The van der Waals surface area contributed by atoms with Crippen LogP contribution < -0.4 is 10.1 Å². The lowest BCUT2D eigenvalue weighted by Gasteiger charge is -2.23. The van der Waals surface area contributed by atoms with E-state index in [4.69, 9.17) is 4.74 Å². The van der Waals surface area contributed by atoms with Crippen LogP contribution in [0.3, 0.4) is 0 Å². The molecule has 5 heteroatoms. The summed E-state index contributed by atoms with van der Waals surface area (Å²) in [6, 6.07) is 15.6. The van der Waals surface area contributed by atoms with Crippen molar-refractivity contribution in [1.29, 1.82) is 0 Å². The zero-order valence-corrected chi connectivity index (χ0v) is 13.6. The summed E-state index contributed by atoms with van der Waals surface area (Å²) >= 11 is 0. The quantitative estimate of drug-likeness (QED) is 0.479. The smallest absolute Gasteiger partial charge is 0.259 e. The van der Waals surface area contributed by atoms with Crippen LogP contribution >= 0.6 is 0 Å². The Kier molecular flexibility index (Phi) is 2.37. The third kappa shape index (κ3) is 1.51. The number of carbonyl (C=O) groups excluding carboxylic acids is 2. The lowest BCUT2D eigenvalue weighted by molar-refractivity contribution is 0.0879. The Hall–Kier alpha value is -3.60. The molecule has 0 saturated carbocycles. The fourth-order valence-electron chi connectivity index (χ4n) is 4.24. The molecule has 2 aliphatic rings. The Morgan fingerprint density at radius 2 is 1.62 bits per heavy atom. The van der Waals surface area contributed by atoms with E-state index in [1.165, 1.54) is 0 Å². The number of carbonyl (C=O) groups is 2. The second-order valence-electron chi connectivity index (χ2n) is 6.59. The number of H-pyrrole nitrogens is 1. The Morgan fingerprint density at radius 3 is 2.54 bits per heavy atom. The normalized spacial score (nSPS) is 14.8. The van der Waals surface area contributed by atoms with Crippen LogP contribution in [-0.4, -0.2) is 16.8 Å². The zero-order chi connectivity index (χ0) is 17.4. The molecule has 0 atom stereocenters. The molecule has 0 bridgehead atoms. The first-order valence-corrected chi connectivity index (χ1v) is 8.41. The van der Waals surface area contributed by atoms with E-state index in [-0.39, 0.29) is 18.4 Å². The average Bonchev–Trinajstić information content (AvgIpc) is 3.18. The number of fused-ring (bicyclic) bond motifs is 10. The summed E-state index contributed by atoms with van der Waals surface area (Å²) in [5.74, 6) is 0.0856. The number of rotatable bonds is 0. The lowest BCUT2D eigenvalue weighted by atomic mass is 9.87. The number of hydrogen-bond acceptors (Lipinski definition) is 3. The highest BCUT2D eigenvalue weighted by atomic mass is 16.5. The molecule has 0 fully saturated rings. The minimum atomic E-state index is -0.351. The monoisotopic (exact) mass is 340 g/mol. The van der Waals surface area contributed by atoms with Gasteiger partial charge in [0.05, 0.1) is 16.6 Å². The Labute approximate surface area is 147 Å². The molecule has 124 valence electrons. The van der Waals surface area contributed by atoms with E-state index in [0.717, 1.165) is 44.2 Å². The molecular formula is C21H12N2O3. The van der Waals surface area contributed by atoms with Crippen LogP contribution in [0.5, 0.6) is 5.75 Å². The van der Waals surface area contributed by atoms with Crippen LogP contribution in [0.2, 0.25) is 0 Å². The van der Waals surface area contributed by atoms with Gasteiger partial charge in [0.15, 0.2) is 0 Å². The van der Waals surface area contributed by atoms with Crippen LogP contribution in [0.25, 0.3) is 32.9 Å². The van der Waals surface area contributed by atoms with Crippen molar-refractivity contribution < 1.29 is 14.3 Å². The summed E-state index contributed by atoms with van der Waals surface area (Å²) in [4.78, 5) is 28.6. The first-order valence-electron chi connectivity index (χ1n) is 8.41. The SMILES string of the molecule is O=C1NC(=O)c2c1c1c(c3[nH]c4ccccc4c23)-c2ccccc2OC1. The van der Waals surface area contributed by atoms with Crippen LogP contribution in [0.15, 0.2) is 48.5 Å². The van der Waals surface area contributed by atoms with Gasteiger partial charge < -0.3 is 9.72 Å². The van der Waals surface area contributed by atoms with Crippen molar-refractivity contribution in [2.24, 2.45) is 0 Å². The standard InChI is InChI=1S/C21H12N2O3/c24-20-17-12-9-26-14-8-4-2-6-11(14)15(12)19-16(18(17)21(25)23-20)10-5-1-3-7-13(10)22-19/h1-8,22H,9H2,(H,23,24,25). The molecule has 3 aromatic carbocycles. The van der Waals surface area contributed by atoms with Crippen LogP contribution in [0.4, 0.5) is 0 Å². The Balaban J connectivity index is 1.92. The van der Waals surface area contributed by atoms with Crippen LogP contribution in [0.1, 0.15) is 26.3 Å². The van der Waals surface area contributed by atoms with E-state index < -0.39 is 0 Å². The highest BCUT2D eigenvalue weighted by Crippen LogP contribution is 2.47. The van der Waals surface area contributed by atoms with Gasteiger partial charge in [-0.05, 0) is 12.1 Å². The van der Waals surface area contributed by atoms with Crippen molar-refractivity contribution in [2.45, 2.75) is 6.61 Å². The number of ether oxygens (including phenoxy) is 1. The van der Waals surface area contributed by atoms with Crippen molar-refractivity contribution in [3.63, 3.8) is 0 Å². The van der Waals surface area contributed by atoms with Gasteiger partial charge in [-0.2, -0.15) is 0 Å². The van der Waals surface area contributed by atoms with Crippen molar-refractivity contribution in [3.8, 4) is 16.9 Å². The lowest BCUT2D eigenvalue weighted by Crippen LogP contribution is -2.20. The van der Waals surface area contributed by atoms with E-state index >= 15 is 0 Å². The largest absolute Gasteiger partial charge is 0.488 e. The van der Waals surface area contributed by atoms with Gasteiger partial charge in [-0.1, -0.05) is 36.4 Å². The summed E-state index contributed by atoms with van der Waals surface area (Å²) in [6.07, 6.45) is 0. The molecule has 0 aliphatic carbocycles. The number of benzene rings is 3. The molecule has 26 heavy (non-hydrogen) atoms. The maximum Gasteiger partial charge on any atom is 0.259 e. The van der Waals surface area contributed by atoms with Crippen molar-refractivity contribution >= 4 is 33.6 Å². The maximum absolute atomic E-state index is 12.6. The highest BCUT2D eigenvalue weighted by Gasteiger charge is 2.37. The molecule has 6 rings (SSSR count). The molecule has 0 saturated heterocycles. The molecular weight excluding hydrogens is 328 g/mol. The van der Waals surface area contributed by atoms with Gasteiger partial charge in [0, 0.05) is 33.0 Å². The minimum Gasteiger partial charge on any atom is -0.488 e. The highest BCUT2D eigenvalue weighted by molar-refractivity contribution is 6.32. The van der Waals surface area contributed by atoms with Gasteiger partial charge in [-0.3, -0.25) is 14.9 Å². The molecule has 0 unspecified atom stereocenters. The molecule has 0 radical (unpaired) electrons. The molecule has 2 N–H and O–H groups in total. The Bertz CT molecular complexity index is 1300. The molecule has 5 nitrogen and oxygen atoms in total. The predicted molar refractivity (Wildman–Crippen MR) is 97.4 cm³/mol. The number of amides is 2. The number of para-hydroxylation sites is 2. The molecule has 3 heterocycles. The maximum atomic E-state index is 12.6. The Morgan fingerprint density at radius 1 is 0.846 bits per heavy atom. The number of aromatic amines is 1. The van der Waals surface area contributed by atoms with Crippen molar-refractivity contribution in [3.05, 3.63) is 65.2 Å².